The van der Waals surface area contributed by atoms with E-state index in [1.807, 2.05) is 60.7 Å². The van der Waals surface area contributed by atoms with Crippen LogP contribution < -0.4 is 23.8 Å². The average molecular weight is 474 g/mol. The number of aldehydes is 1. The van der Waals surface area contributed by atoms with E-state index in [1.54, 1.807) is 14.2 Å². The normalized spacial score (nSPS) is 12.2. The van der Waals surface area contributed by atoms with Crippen molar-refractivity contribution in [3.63, 3.8) is 0 Å². The van der Waals surface area contributed by atoms with Crippen LogP contribution in [0.4, 0.5) is 17.1 Å². The first-order valence-electron chi connectivity index (χ1n) is 10.8. The largest absolute Gasteiger partial charge is 0.497 e. The van der Waals surface area contributed by atoms with Crippen molar-refractivity contribution in [1.82, 2.24) is 0 Å². The number of hydrogen-bond donors (Lipinski definition) is 0. The van der Waals surface area contributed by atoms with Gasteiger partial charge in [0, 0.05) is 17.1 Å². The quantitative estimate of drug-likeness (QED) is 0.286. The van der Waals surface area contributed by atoms with Crippen molar-refractivity contribution in [2.24, 2.45) is 0 Å². The van der Waals surface area contributed by atoms with Crippen LogP contribution in [0.1, 0.15) is 9.67 Å². The minimum absolute atomic E-state index is 0.446. The zero-order valence-electron chi connectivity index (χ0n) is 18.8. The summed E-state index contributed by atoms with van der Waals surface area (Å²) in [5.74, 6) is 2.78. The Hall–Kier alpha value is -3.97. The van der Waals surface area contributed by atoms with Crippen LogP contribution in [0.25, 0.3) is 10.4 Å². The third kappa shape index (κ3) is 4.06. The summed E-state index contributed by atoms with van der Waals surface area (Å²) >= 11 is 1.38. The topological polar surface area (TPSA) is 57.2 Å². The number of anilines is 3. The van der Waals surface area contributed by atoms with Gasteiger partial charge in [0.1, 0.15) is 29.6 Å². The van der Waals surface area contributed by atoms with Crippen LogP contribution in [0.5, 0.6) is 23.0 Å². The van der Waals surface area contributed by atoms with Crippen LogP contribution in [0.2, 0.25) is 0 Å². The summed E-state index contributed by atoms with van der Waals surface area (Å²) in [5, 5.41) is 0. The summed E-state index contributed by atoms with van der Waals surface area (Å²) in [4.78, 5) is 15.1. The molecule has 0 radical (unpaired) electrons. The molecule has 1 aliphatic heterocycles. The Morgan fingerprint density at radius 2 is 1.21 bits per heavy atom. The number of carbonyl (C=O) groups is 1. The number of benzene rings is 3. The van der Waals surface area contributed by atoms with E-state index in [2.05, 4.69) is 17.0 Å². The van der Waals surface area contributed by atoms with Gasteiger partial charge in [0.25, 0.3) is 0 Å². The number of methoxy groups -OCH3 is 2. The predicted octanol–water partition coefficient (Wildman–Crippen LogP) is 6.49. The summed E-state index contributed by atoms with van der Waals surface area (Å²) in [6, 6.07) is 24.0. The molecule has 2 heterocycles. The van der Waals surface area contributed by atoms with E-state index in [0.29, 0.717) is 29.6 Å². The fourth-order valence-corrected chi connectivity index (χ4v) is 4.92. The van der Waals surface area contributed by atoms with Crippen molar-refractivity contribution in [2.75, 3.05) is 32.3 Å². The first-order valence-corrected chi connectivity index (χ1v) is 11.6. The molecule has 0 spiro atoms. The molecular weight excluding hydrogens is 450 g/mol. The van der Waals surface area contributed by atoms with E-state index in [-0.39, 0.29) is 0 Å². The summed E-state index contributed by atoms with van der Waals surface area (Å²) in [6.07, 6.45) is 0.825. The minimum atomic E-state index is 0.446. The third-order valence-electron chi connectivity index (χ3n) is 5.58. The molecule has 0 aliphatic carbocycles. The van der Waals surface area contributed by atoms with Gasteiger partial charge < -0.3 is 23.8 Å². The molecule has 1 aromatic heterocycles. The Balaban J connectivity index is 1.54. The fraction of sp³-hybridized carbons (Fsp3) is 0.148. The second-order valence-corrected chi connectivity index (χ2v) is 8.60. The van der Waals surface area contributed by atoms with Crippen LogP contribution in [0, 0.1) is 0 Å². The zero-order valence-corrected chi connectivity index (χ0v) is 19.6. The second-order valence-electron chi connectivity index (χ2n) is 7.55. The van der Waals surface area contributed by atoms with Crippen molar-refractivity contribution in [1.29, 1.82) is 0 Å². The lowest BCUT2D eigenvalue weighted by Crippen LogP contribution is -2.15. The molecule has 5 rings (SSSR count). The second kappa shape index (κ2) is 9.49. The molecule has 4 aromatic rings. The molecule has 0 saturated carbocycles. The summed E-state index contributed by atoms with van der Waals surface area (Å²) in [6.45, 7) is 0.914. The van der Waals surface area contributed by atoms with Gasteiger partial charge in [-0.2, -0.15) is 0 Å². The Labute approximate surface area is 201 Å². The molecule has 0 unspecified atom stereocenters. The maximum atomic E-state index is 11.5. The van der Waals surface area contributed by atoms with Crippen molar-refractivity contribution >= 4 is 34.7 Å². The Kier molecular flexibility index (Phi) is 6.10. The fourth-order valence-electron chi connectivity index (χ4n) is 3.91. The highest BCUT2D eigenvalue weighted by molar-refractivity contribution is 7.18. The van der Waals surface area contributed by atoms with E-state index < -0.39 is 0 Å². The summed E-state index contributed by atoms with van der Waals surface area (Å²) in [5.41, 5.74) is 3.93. The maximum absolute atomic E-state index is 11.5. The van der Waals surface area contributed by atoms with Crippen LogP contribution in [0.3, 0.4) is 0 Å². The van der Waals surface area contributed by atoms with Gasteiger partial charge in [0.2, 0.25) is 0 Å². The molecule has 0 bridgehead atoms. The molecule has 172 valence electrons. The van der Waals surface area contributed by atoms with Crippen LogP contribution in [0.15, 0.2) is 72.8 Å². The van der Waals surface area contributed by atoms with E-state index in [9.17, 15) is 4.79 Å². The SMILES string of the molecule is COc1ccc(N(c2ccc(OC)cc2)c2ccc(-c3sc(C=O)c4c3OCCO4)cc2)cc1. The molecule has 7 heteroatoms. The van der Waals surface area contributed by atoms with Gasteiger partial charge in [-0.1, -0.05) is 12.1 Å². The van der Waals surface area contributed by atoms with Crippen molar-refractivity contribution in [3.05, 3.63) is 77.7 Å². The Morgan fingerprint density at radius 1 is 0.735 bits per heavy atom. The number of rotatable bonds is 7. The van der Waals surface area contributed by atoms with E-state index >= 15 is 0 Å². The number of ether oxygens (including phenoxy) is 4. The number of hydrogen-bond acceptors (Lipinski definition) is 7. The first kappa shape index (κ1) is 21.9. The van der Waals surface area contributed by atoms with Crippen molar-refractivity contribution < 1.29 is 23.7 Å². The lowest BCUT2D eigenvalue weighted by atomic mass is 10.1. The lowest BCUT2D eigenvalue weighted by Gasteiger charge is -2.26. The molecule has 0 atom stereocenters. The van der Waals surface area contributed by atoms with Crippen molar-refractivity contribution in [2.45, 2.75) is 0 Å². The molecule has 0 amide bonds. The predicted molar refractivity (Wildman–Crippen MR) is 134 cm³/mol. The summed E-state index contributed by atoms with van der Waals surface area (Å²) < 4.78 is 22.2. The molecule has 0 N–H and O–H groups in total. The van der Waals surface area contributed by atoms with Crippen LogP contribution in [-0.4, -0.2) is 33.7 Å². The Bertz CT molecular complexity index is 1230. The van der Waals surface area contributed by atoms with Crippen molar-refractivity contribution in [3.8, 4) is 33.4 Å². The van der Waals surface area contributed by atoms with Gasteiger partial charge in [-0.25, -0.2) is 0 Å². The highest BCUT2D eigenvalue weighted by Crippen LogP contribution is 2.49. The van der Waals surface area contributed by atoms with E-state index in [1.165, 1.54) is 11.3 Å². The highest BCUT2D eigenvalue weighted by Gasteiger charge is 2.25. The average Bonchev–Trinajstić information content (AvgIpc) is 3.29. The summed E-state index contributed by atoms with van der Waals surface area (Å²) in [7, 11) is 3.31. The smallest absolute Gasteiger partial charge is 0.183 e. The molecule has 0 fully saturated rings. The van der Waals surface area contributed by atoms with Gasteiger partial charge in [-0.15, -0.1) is 11.3 Å². The van der Waals surface area contributed by atoms with Gasteiger partial charge >= 0.3 is 0 Å². The van der Waals surface area contributed by atoms with Gasteiger partial charge in [0.05, 0.1) is 19.1 Å². The molecule has 34 heavy (non-hydrogen) atoms. The zero-order chi connectivity index (χ0) is 23.5. The Morgan fingerprint density at radius 3 is 1.68 bits per heavy atom. The first-order chi connectivity index (χ1) is 16.7. The van der Waals surface area contributed by atoms with Crippen LogP contribution >= 0.6 is 11.3 Å². The van der Waals surface area contributed by atoms with Gasteiger partial charge in [-0.3, -0.25) is 4.79 Å². The lowest BCUT2D eigenvalue weighted by molar-refractivity contribution is 0.111. The van der Waals surface area contributed by atoms with Crippen LogP contribution in [-0.2, 0) is 0 Å². The maximum Gasteiger partial charge on any atom is 0.183 e. The molecule has 1 aliphatic rings. The van der Waals surface area contributed by atoms with Gasteiger partial charge in [-0.05, 0) is 66.2 Å². The third-order valence-corrected chi connectivity index (χ3v) is 6.71. The number of fused-ring (bicyclic) bond motifs is 1. The molecule has 6 nitrogen and oxygen atoms in total. The minimum Gasteiger partial charge on any atom is -0.497 e. The van der Waals surface area contributed by atoms with E-state index in [0.717, 1.165) is 45.3 Å². The standard InChI is InChI=1S/C27H23NO5S/c1-30-22-11-7-20(8-12-22)28(21-9-13-23(31-2)14-10-21)19-5-3-18(4-6-19)27-26-25(24(17-29)34-27)32-15-16-33-26/h3-14,17H,15-16H2,1-2H3. The molecule has 0 saturated heterocycles. The van der Waals surface area contributed by atoms with Gasteiger partial charge in [0.15, 0.2) is 17.8 Å². The monoisotopic (exact) mass is 473 g/mol. The number of carbonyl (C=O) groups excluding carboxylic acids is 1. The number of thiophene rings is 1. The highest BCUT2D eigenvalue weighted by atomic mass is 32.1. The number of nitrogens with zero attached hydrogens (tertiary/aromatic N) is 1. The van der Waals surface area contributed by atoms with E-state index in [4.69, 9.17) is 18.9 Å². The molecule has 3 aromatic carbocycles. The molecular formula is C27H23NO5S.